The van der Waals surface area contributed by atoms with E-state index in [0.717, 1.165) is 6.07 Å². The zero-order valence-electron chi connectivity index (χ0n) is 19.5. The number of pyridine rings is 1. The van der Waals surface area contributed by atoms with E-state index in [1.165, 1.54) is 50.5 Å². The number of thioether (sulfide) groups is 1. The first-order chi connectivity index (χ1) is 17.4. The van der Waals surface area contributed by atoms with Crippen molar-refractivity contribution in [3.63, 3.8) is 0 Å². The van der Waals surface area contributed by atoms with Gasteiger partial charge in [0.15, 0.2) is 0 Å². The van der Waals surface area contributed by atoms with Crippen LogP contribution in [-0.2, 0) is 0 Å². The van der Waals surface area contributed by atoms with Gasteiger partial charge in [-0.1, -0.05) is 6.07 Å². The highest BCUT2D eigenvalue weighted by atomic mass is 32.2. The molecule has 0 saturated heterocycles. The molecule has 0 aliphatic rings. The number of nitrogens with zero attached hydrogens (tertiary/aromatic N) is 3. The maximum Gasteiger partial charge on any atom is 0.255 e. The molecule has 2 aromatic carbocycles. The SMILES string of the molecule is COc1cccc(OC)c1NC(=O)c1ccc(Nc2ncc(SC)c(-c3cccnc3F)n2)c(F)c1. The fraction of sp³-hybridized carbons (Fsp3) is 0.120. The Balaban J connectivity index is 1.58. The third-order valence-corrected chi connectivity index (χ3v) is 5.87. The number of hydrogen-bond acceptors (Lipinski definition) is 8. The van der Waals surface area contributed by atoms with Crippen molar-refractivity contribution < 1.29 is 23.0 Å². The Bertz CT molecular complexity index is 1400. The minimum absolute atomic E-state index is 0.0379. The lowest BCUT2D eigenvalue weighted by molar-refractivity contribution is 0.102. The molecule has 2 heterocycles. The topological polar surface area (TPSA) is 98.3 Å². The van der Waals surface area contributed by atoms with Gasteiger partial charge in [-0.3, -0.25) is 4.79 Å². The van der Waals surface area contributed by atoms with Crippen LogP contribution in [0, 0.1) is 11.8 Å². The normalized spacial score (nSPS) is 10.6. The van der Waals surface area contributed by atoms with Gasteiger partial charge in [0.2, 0.25) is 11.9 Å². The van der Waals surface area contributed by atoms with E-state index in [0.29, 0.717) is 27.8 Å². The third kappa shape index (κ3) is 5.20. The number of aromatic nitrogens is 3. The highest BCUT2D eigenvalue weighted by Gasteiger charge is 2.18. The number of halogens is 2. The number of carbonyl (C=O) groups excluding carboxylic acids is 1. The van der Waals surface area contributed by atoms with Crippen LogP contribution < -0.4 is 20.1 Å². The standard InChI is InChI=1S/C25H21F2N5O3S/c1-34-18-7-4-8-19(35-2)22(18)31-24(33)14-9-10-17(16(26)12-14)30-25-29-13-20(36-3)21(32-25)15-6-5-11-28-23(15)27/h4-13H,1-3H3,(H,31,33)(H,29,30,32). The molecule has 0 spiro atoms. The van der Waals surface area contributed by atoms with E-state index in [-0.39, 0.29) is 22.8 Å². The van der Waals surface area contributed by atoms with Gasteiger partial charge in [0.1, 0.15) is 23.0 Å². The first kappa shape index (κ1) is 24.9. The summed E-state index contributed by atoms with van der Waals surface area (Å²) in [5.74, 6) is -1.09. The van der Waals surface area contributed by atoms with Gasteiger partial charge < -0.3 is 20.1 Å². The maximum absolute atomic E-state index is 14.9. The molecule has 2 N–H and O–H groups in total. The number of methoxy groups -OCH3 is 2. The van der Waals surface area contributed by atoms with E-state index < -0.39 is 17.7 Å². The Morgan fingerprint density at radius 2 is 1.75 bits per heavy atom. The molecule has 0 radical (unpaired) electrons. The van der Waals surface area contributed by atoms with Crippen molar-refractivity contribution >= 4 is 35.0 Å². The predicted octanol–water partition coefficient (Wildman–Crippen LogP) is 5.55. The largest absolute Gasteiger partial charge is 0.494 e. The summed E-state index contributed by atoms with van der Waals surface area (Å²) in [5, 5.41) is 5.48. The average molecular weight is 510 g/mol. The van der Waals surface area contributed by atoms with Crippen LogP contribution in [0.4, 0.5) is 26.1 Å². The summed E-state index contributed by atoms with van der Waals surface area (Å²) in [5.41, 5.74) is 0.964. The van der Waals surface area contributed by atoms with Crippen LogP contribution in [0.2, 0.25) is 0 Å². The number of carbonyl (C=O) groups is 1. The minimum atomic E-state index is -0.707. The lowest BCUT2D eigenvalue weighted by atomic mass is 10.1. The van der Waals surface area contributed by atoms with Crippen molar-refractivity contribution in [2.75, 3.05) is 31.1 Å². The van der Waals surface area contributed by atoms with Gasteiger partial charge in [-0.05, 0) is 48.7 Å². The van der Waals surface area contributed by atoms with E-state index in [2.05, 4.69) is 25.6 Å². The number of hydrogen-bond donors (Lipinski definition) is 2. The van der Waals surface area contributed by atoms with Crippen molar-refractivity contribution in [2.45, 2.75) is 4.90 Å². The number of para-hydroxylation sites is 1. The van der Waals surface area contributed by atoms with E-state index in [1.807, 2.05) is 6.26 Å². The number of rotatable bonds is 8. The van der Waals surface area contributed by atoms with Gasteiger partial charge in [-0.2, -0.15) is 4.39 Å². The van der Waals surface area contributed by atoms with Crippen molar-refractivity contribution in [2.24, 2.45) is 0 Å². The zero-order valence-corrected chi connectivity index (χ0v) is 20.3. The van der Waals surface area contributed by atoms with Crippen LogP contribution in [0.15, 0.2) is 65.8 Å². The van der Waals surface area contributed by atoms with E-state index in [1.54, 1.807) is 30.3 Å². The molecule has 0 saturated carbocycles. The Morgan fingerprint density at radius 3 is 2.39 bits per heavy atom. The molecule has 8 nitrogen and oxygen atoms in total. The Hall–Kier alpha value is -4.25. The maximum atomic E-state index is 14.9. The fourth-order valence-corrected chi connectivity index (χ4v) is 3.88. The molecule has 0 atom stereocenters. The van der Waals surface area contributed by atoms with Gasteiger partial charge >= 0.3 is 0 Å². The first-order valence-electron chi connectivity index (χ1n) is 10.6. The lowest BCUT2D eigenvalue weighted by Crippen LogP contribution is -2.14. The van der Waals surface area contributed by atoms with Crippen molar-refractivity contribution in [3.05, 3.63) is 78.3 Å². The average Bonchev–Trinajstić information content (AvgIpc) is 2.90. The highest BCUT2D eigenvalue weighted by molar-refractivity contribution is 7.98. The molecule has 11 heteroatoms. The number of benzene rings is 2. The number of amides is 1. The summed E-state index contributed by atoms with van der Waals surface area (Å²) >= 11 is 1.34. The number of nitrogens with one attached hydrogen (secondary N) is 2. The van der Waals surface area contributed by atoms with Crippen molar-refractivity contribution in [1.29, 1.82) is 0 Å². The molecule has 1 amide bonds. The highest BCUT2D eigenvalue weighted by Crippen LogP contribution is 2.35. The van der Waals surface area contributed by atoms with Crippen molar-refractivity contribution in [1.82, 2.24) is 15.0 Å². The molecular formula is C25H21F2N5O3S. The summed E-state index contributed by atoms with van der Waals surface area (Å²) in [4.78, 5) is 25.7. The Kier molecular flexibility index (Phi) is 7.59. The van der Waals surface area contributed by atoms with Gasteiger partial charge in [0.25, 0.3) is 5.91 Å². The minimum Gasteiger partial charge on any atom is -0.494 e. The van der Waals surface area contributed by atoms with Gasteiger partial charge in [0, 0.05) is 18.0 Å². The fourth-order valence-electron chi connectivity index (χ4n) is 3.37. The molecule has 36 heavy (non-hydrogen) atoms. The van der Waals surface area contributed by atoms with E-state index in [4.69, 9.17) is 9.47 Å². The molecule has 2 aromatic heterocycles. The van der Waals surface area contributed by atoms with Crippen LogP contribution in [0.1, 0.15) is 10.4 Å². The second-order valence-electron chi connectivity index (χ2n) is 7.26. The third-order valence-electron chi connectivity index (χ3n) is 5.13. The number of anilines is 3. The van der Waals surface area contributed by atoms with Crippen LogP contribution >= 0.6 is 11.8 Å². The summed E-state index contributed by atoms with van der Waals surface area (Å²) in [6.45, 7) is 0. The van der Waals surface area contributed by atoms with Gasteiger partial charge in [-0.15, -0.1) is 11.8 Å². The zero-order chi connectivity index (χ0) is 25.7. The molecule has 0 fully saturated rings. The monoisotopic (exact) mass is 509 g/mol. The second kappa shape index (κ2) is 11.0. The molecular weight excluding hydrogens is 488 g/mol. The summed E-state index contributed by atoms with van der Waals surface area (Å²) in [7, 11) is 2.93. The molecule has 0 unspecified atom stereocenters. The van der Waals surface area contributed by atoms with Crippen LogP contribution in [0.5, 0.6) is 11.5 Å². The Labute approximate surface area is 210 Å². The summed E-state index contributed by atoms with van der Waals surface area (Å²) in [6, 6.07) is 12.1. The van der Waals surface area contributed by atoms with Crippen molar-refractivity contribution in [3.8, 4) is 22.8 Å². The summed E-state index contributed by atoms with van der Waals surface area (Å²) < 4.78 is 39.8. The van der Waals surface area contributed by atoms with Gasteiger partial charge in [0.05, 0.1) is 36.1 Å². The smallest absolute Gasteiger partial charge is 0.255 e. The molecule has 0 aliphatic carbocycles. The molecule has 4 aromatic rings. The van der Waals surface area contributed by atoms with Crippen LogP contribution in [0.3, 0.4) is 0 Å². The molecule has 184 valence electrons. The number of ether oxygens (including phenoxy) is 2. The summed E-state index contributed by atoms with van der Waals surface area (Å²) in [6.07, 6.45) is 4.67. The lowest BCUT2D eigenvalue weighted by Gasteiger charge is -2.14. The van der Waals surface area contributed by atoms with E-state index in [9.17, 15) is 13.6 Å². The van der Waals surface area contributed by atoms with Gasteiger partial charge in [-0.25, -0.2) is 19.3 Å². The quantitative estimate of drug-likeness (QED) is 0.236. The first-order valence-corrected chi connectivity index (χ1v) is 11.8. The van der Waals surface area contributed by atoms with E-state index >= 15 is 0 Å². The predicted molar refractivity (Wildman–Crippen MR) is 134 cm³/mol. The molecule has 0 bridgehead atoms. The molecule has 4 rings (SSSR count). The molecule has 0 aliphatic heterocycles. The van der Waals surface area contributed by atoms with Crippen LogP contribution in [0.25, 0.3) is 11.3 Å². The second-order valence-corrected chi connectivity index (χ2v) is 8.11. The van der Waals surface area contributed by atoms with Crippen LogP contribution in [-0.4, -0.2) is 41.3 Å². The Morgan fingerprint density at radius 1 is 1.00 bits per heavy atom.